The van der Waals surface area contributed by atoms with E-state index in [0.29, 0.717) is 18.4 Å². The highest BCUT2D eigenvalue weighted by Gasteiger charge is 2.05. The average molecular weight is 341 g/mol. The molecule has 0 bridgehead atoms. The van der Waals surface area contributed by atoms with E-state index in [2.05, 4.69) is 45.2 Å². The molecular formula is C15H15BrClNO. The van der Waals surface area contributed by atoms with E-state index in [1.54, 1.807) is 6.20 Å². The minimum Gasteiger partial charge on any atom is -0.477 e. The highest BCUT2D eigenvalue weighted by Crippen LogP contribution is 2.21. The van der Waals surface area contributed by atoms with Crippen molar-refractivity contribution in [1.29, 1.82) is 0 Å². The zero-order valence-corrected chi connectivity index (χ0v) is 12.8. The number of aromatic nitrogens is 1. The van der Waals surface area contributed by atoms with Gasteiger partial charge in [-0.3, -0.25) is 0 Å². The summed E-state index contributed by atoms with van der Waals surface area (Å²) in [5.41, 5.74) is 2.24. The third kappa shape index (κ3) is 4.51. The number of ether oxygens (including phenoxy) is 1. The molecule has 0 fully saturated rings. The molecule has 2 rings (SSSR count). The molecule has 1 aromatic heterocycles. The summed E-state index contributed by atoms with van der Waals surface area (Å²) in [6.45, 7) is 0.646. The number of halogens is 2. The molecule has 0 amide bonds. The number of rotatable bonds is 6. The fourth-order valence-electron chi connectivity index (χ4n) is 1.78. The Bertz CT molecular complexity index is 519. The van der Waals surface area contributed by atoms with Crippen LogP contribution >= 0.6 is 27.5 Å². The maximum absolute atomic E-state index is 5.87. The van der Waals surface area contributed by atoms with Crippen molar-refractivity contribution < 1.29 is 4.74 Å². The van der Waals surface area contributed by atoms with Crippen LogP contribution in [0.5, 0.6) is 5.88 Å². The SMILES string of the molecule is ClCc1cc(Br)cnc1OCCCc1ccccc1. The molecule has 0 aliphatic carbocycles. The van der Waals surface area contributed by atoms with E-state index < -0.39 is 0 Å². The molecule has 0 radical (unpaired) electrons. The summed E-state index contributed by atoms with van der Waals surface area (Å²) in [4.78, 5) is 4.24. The minimum atomic E-state index is 0.403. The fourth-order valence-corrected chi connectivity index (χ4v) is 2.35. The summed E-state index contributed by atoms with van der Waals surface area (Å²) in [6, 6.07) is 12.3. The lowest BCUT2D eigenvalue weighted by Gasteiger charge is -2.09. The Morgan fingerprint density at radius 1 is 1.21 bits per heavy atom. The van der Waals surface area contributed by atoms with Gasteiger partial charge in [-0.25, -0.2) is 4.98 Å². The monoisotopic (exact) mass is 339 g/mol. The molecule has 0 aliphatic rings. The van der Waals surface area contributed by atoms with Gasteiger partial charge in [-0.15, -0.1) is 11.6 Å². The lowest BCUT2D eigenvalue weighted by atomic mass is 10.1. The summed E-state index contributed by atoms with van der Waals surface area (Å²) >= 11 is 9.24. The summed E-state index contributed by atoms with van der Waals surface area (Å²) < 4.78 is 6.60. The highest BCUT2D eigenvalue weighted by atomic mass is 79.9. The van der Waals surface area contributed by atoms with Crippen LogP contribution in [0.25, 0.3) is 0 Å². The molecule has 1 aromatic carbocycles. The first kappa shape index (κ1) is 14.4. The zero-order valence-electron chi connectivity index (χ0n) is 10.5. The lowest BCUT2D eigenvalue weighted by molar-refractivity contribution is 0.297. The third-order valence-electron chi connectivity index (χ3n) is 2.73. The van der Waals surface area contributed by atoms with Crippen molar-refractivity contribution in [3.8, 4) is 5.88 Å². The van der Waals surface area contributed by atoms with E-state index in [-0.39, 0.29) is 0 Å². The molecule has 0 saturated heterocycles. The fraction of sp³-hybridized carbons (Fsp3) is 0.267. The van der Waals surface area contributed by atoms with Crippen molar-refractivity contribution in [2.24, 2.45) is 0 Å². The maximum Gasteiger partial charge on any atom is 0.217 e. The molecule has 19 heavy (non-hydrogen) atoms. The Kier molecular flexibility index (Phi) is 5.67. The Labute approximate surface area is 126 Å². The van der Waals surface area contributed by atoms with Gasteiger partial charge in [0.2, 0.25) is 5.88 Å². The first-order valence-corrected chi connectivity index (χ1v) is 7.49. The van der Waals surface area contributed by atoms with E-state index in [1.165, 1.54) is 5.56 Å². The van der Waals surface area contributed by atoms with Gasteiger partial charge in [0.05, 0.1) is 12.5 Å². The van der Waals surface area contributed by atoms with E-state index >= 15 is 0 Å². The average Bonchev–Trinajstić information content (AvgIpc) is 2.46. The van der Waals surface area contributed by atoms with Crippen LogP contribution < -0.4 is 4.74 Å². The van der Waals surface area contributed by atoms with Gasteiger partial charge in [0.25, 0.3) is 0 Å². The normalized spacial score (nSPS) is 10.4. The van der Waals surface area contributed by atoms with Crippen LogP contribution in [0.3, 0.4) is 0 Å². The number of alkyl halides is 1. The van der Waals surface area contributed by atoms with Gasteiger partial charge in [-0.2, -0.15) is 0 Å². The van der Waals surface area contributed by atoms with Crippen LogP contribution in [0, 0.1) is 0 Å². The first-order valence-electron chi connectivity index (χ1n) is 6.16. The largest absolute Gasteiger partial charge is 0.477 e. The van der Waals surface area contributed by atoms with Crippen LogP contribution in [0.15, 0.2) is 47.1 Å². The number of aryl methyl sites for hydroxylation is 1. The molecule has 100 valence electrons. The van der Waals surface area contributed by atoms with Crippen LogP contribution in [-0.4, -0.2) is 11.6 Å². The predicted molar refractivity (Wildman–Crippen MR) is 81.8 cm³/mol. The maximum atomic E-state index is 5.87. The number of nitrogens with zero attached hydrogens (tertiary/aromatic N) is 1. The Morgan fingerprint density at radius 3 is 2.74 bits per heavy atom. The molecule has 2 nitrogen and oxygen atoms in total. The van der Waals surface area contributed by atoms with E-state index in [1.807, 2.05) is 12.1 Å². The summed E-state index contributed by atoms with van der Waals surface area (Å²) in [6.07, 6.45) is 3.69. The molecule has 4 heteroatoms. The molecule has 0 saturated carbocycles. The molecule has 0 N–H and O–H groups in total. The van der Waals surface area contributed by atoms with Gasteiger partial charge in [0.1, 0.15) is 0 Å². The van der Waals surface area contributed by atoms with E-state index in [9.17, 15) is 0 Å². The van der Waals surface area contributed by atoms with Crippen molar-refractivity contribution >= 4 is 27.5 Å². The second-order valence-electron chi connectivity index (χ2n) is 4.19. The Balaban J connectivity index is 1.83. The van der Waals surface area contributed by atoms with Crippen LogP contribution in [0.4, 0.5) is 0 Å². The van der Waals surface area contributed by atoms with Gasteiger partial charge in [0.15, 0.2) is 0 Å². The molecular weight excluding hydrogens is 326 g/mol. The van der Waals surface area contributed by atoms with Gasteiger partial charge >= 0.3 is 0 Å². The van der Waals surface area contributed by atoms with Crippen LogP contribution in [0.2, 0.25) is 0 Å². The summed E-state index contributed by atoms with van der Waals surface area (Å²) in [7, 11) is 0. The number of benzene rings is 1. The molecule has 1 heterocycles. The van der Waals surface area contributed by atoms with Gasteiger partial charge < -0.3 is 4.74 Å². The van der Waals surface area contributed by atoms with E-state index in [0.717, 1.165) is 22.9 Å². The summed E-state index contributed by atoms with van der Waals surface area (Å²) in [5.74, 6) is 1.03. The van der Waals surface area contributed by atoms with Gasteiger partial charge in [0, 0.05) is 16.2 Å². The van der Waals surface area contributed by atoms with Crippen molar-refractivity contribution in [2.45, 2.75) is 18.7 Å². The number of hydrogen-bond acceptors (Lipinski definition) is 2. The first-order chi connectivity index (χ1) is 9.29. The van der Waals surface area contributed by atoms with Gasteiger partial charge in [-0.05, 0) is 40.4 Å². The Hall–Kier alpha value is -1.06. The van der Waals surface area contributed by atoms with Crippen molar-refractivity contribution in [2.75, 3.05) is 6.61 Å². The molecule has 0 unspecified atom stereocenters. The smallest absolute Gasteiger partial charge is 0.217 e. The second kappa shape index (κ2) is 7.51. The third-order valence-corrected chi connectivity index (χ3v) is 3.45. The lowest BCUT2D eigenvalue weighted by Crippen LogP contribution is -2.03. The number of pyridine rings is 1. The number of hydrogen-bond donors (Lipinski definition) is 0. The molecule has 2 aromatic rings. The minimum absolute atomic E-state index is 0.403. The van der Waals surface area contributed by atoms with Crippen molar-refractivity contribution in [3.63, 3.8) is 0 Å². The highest BCUT2D eigenvalue weighted by molar-refractivity contribution is 9.10. The van der Waals surface area contributed by atoms with Gasteiger partial charge in [-0.1, -0.05) is 30.3 Å². The van der Waals surface area contributed by atoms with Crippen molar-refractivity contribution in [3.05, 3.63) is 58.2 Å². The molecule has 0 aliphatic heterocycles. The Morgan fingerprint density at radius 2 is 2.00 bits per heavy atom. The quantitative estimate of drug-likeness (QED) is 0.566. The topological polar surface area (TPSA) is 22.1 Å². The molecule has 0 spiro atoms. The summed E-state index contributed by atoms with van der Waals surface area (Å²) in [5, 5.41) is 0. The van der Waals surface area contributed by atoms with Crippen LogP contribution in [0.1, 0.15) is 17.5 Å². The standard InChI is InChI=1S/C15H15BrClNO/c16-14-9-13(10-17)15(18-11-14)19-8-4-7-12-5-2-1-3-6-12/h1-3,5-6,9,11H,4,7-8,10H2. The van der Waals surface area contributed by atoms with E-state index in [4.69, 9.17) is 16.3 Å². The second-order valence-corrected chi connectivity index (χ2v) is 5.37. The zero-order chi connectivity index (χ0) is 13.5. The van der Waals surface area contributed by atoms with Crippen LogP contribution in [-0.2, 0) is 12.3 Å². The van der Waals surface area contributed by atoms with Crippen molar-refractivity contribution in [1.82, 2.24) is 4.98 Å². The predicted octanol–water partition coefficient (Wildman–Crippen LogP) is 4.59. The molecule has 0 atom stereocenters.